The van der Waals surface area contributed by atoms with Gasteiger partial charge in [-0.25, -0.2) is 4.74 Å². The summed E-state index contributed by atoms with van der Waals surface area (Å²) in [7, 11) is 0. The van der Waals surface area contributed by atoms with E-state index in [-0.39, 0.29) is 18.6 Å². The van der Waals surface area contributed by atoms with Crippen molar-refractivity contribution < 1.29 is 44.6 Å². The van der Waals surface area contributed by atoms with Crippen LogP contribution in [0, 0.1) is 5.92 Å². The minimum atomic E-state index is -5.79. The number of alkyl halides is 8. The van der Waals surface area contributed by atoms with Crippen molar-refractivity contribution in [3.63, 3.8) is 0 Å². The van der Waals surface area contributed by atoms with Crippen LogP contribution in [0.2, 0.25) is 0 Å². The van der Waals surface area contributed by atoms with Crippen LogP contribution in [0.3, 0.4) is 0 Å². The zero-order chi connectivity index (χ0) is 24.3. The summed E-state index contributed by atoms with van der Waals surface area (Å²) in [5, 5.41) is 0. The number of ether oxygens (including phenoxy) is 2. The lowest BCUT2D eigenvalue weighted by Gasteiger charge is -2.34. The molecule has 2 nitrogen and oxygen atoms in total. The predicted octanol–water partition coefficient (Wildman–Crippen LogP) is 7.41. The highest BCUT2D eigenvalue weighted by atomic mass is 19.3. The molecule has 0 spiro atoms. The molecule has 0 saturated heterocycles. The number of hydrogen-bond acceptors (Lipinski definition) is 2. The Labute approximate surface area is 176 Å². The second-order valence-corrected chi connectivity index (χ2v) is 8.72. The standard InChI is InChI=1S/C21H28F8O2/c1-14(2)19(24,25)21(28,29)31-20(26,27)18(22,23)11-6-12-30-13-15-7-9-16(10-8-15)17(3,4)5/h7-10,14H,6,11-13H2,1-5H3. The van der Waals surface area contributed by atoms with E-state index < -0.39 is 42.8 Å². The van der Waals surface area contributed by atoms with Crippen molar-refractivity contribution in [3.8, 4) is 0 Å². The molecule has 1 aromatic carbocycles. The number of rotatable bonds is 11. The maximum atomic E-state index is 13.7. The molecular weight excluding hydrogens is 436 g/mol. The first-order valence-corrected chi connectivity index (χ1v) is 9.72. The molecule has 180 valence electrons. The summed E-state index contributed by atoms with van der Waals surface area (Å²) in [4.78, 5) is 0. The van der Waals surface area contributed by atoms with Crippen LogP contribution < -0.4 is 0 Å². The Morgan fingerprint density at radius 1 is 0.806 bits per heavy atom. The quantitative estimate of drug-likeness (QED) is 0.251. The van der Waals surface area contributed by atoms with Gasteiger partial charge < -0.3 is 4.74 Å². The lowest BCUT2D eigenvalue weighted by atomic mass is 9.87. The van der Waals surface area contributed by atoms with E-state index in [0.29, 0.717) is 13.8 Å². The maximum Gasteiger partial charge on any atom is 0.424 e. The summed E-state index contributed by atoms with van der Waals surface area (Å²) in [5.74, 6) is -12.3. The Morgan fingerprint density at radius 2 is 1.32 bits per heavy atom. The van der Waals surface area contributed by atoms with Crippen molar-refractivity contribution in [3.05, 3.63) is 35.4 Å². The van der Waals surface area contributed by atoms with Crippen LogP contribution in [0.4, 0.5) is 35.1 Å². The highest BCUT2D eigenvalue weighted by Crippen LogP contribution is 2.48. The fourth-order valence-electron chi connectivity index (χ4n) is 2.47. The largest absolute Gasteiger partial charge is 0.424 e. The molecule has 0 radical (unpaired) electrons. The predicted molar refractivity (Wildman–Crippen MR) is 99.7 cm³/mol. The summed E-state index contributed by atoms with van der Waals surface area (Å²) < 4.78 is 116. The molecule has 0 aliphatic rings. The lowest BCUT2D eigenvalue weighted by molar-refractivity contribution is -0.472. The summed E-state index contributed by atoms with van der Waals surface area (Å²) >= 11 is 0. The van der Waals surface area contributed by atoms with Crippen molar-refractivity contribution >= 4 is 0 Å². The summed E-state index contributed by atoms with van der Waals surface area (Å²) in [6.07, 6.45) is -13.8. The molecule has 10 heteroatoms. The summed E-state index contributed by atoms with van der Waals surface area (Å²) in [5.41, 5.74) is 1.73. The molecule has 0 heterocycles. The molecule has 0 unspecified atom stereocenters. The van der Waals surface area contributed by atoms with Crippen LogP contribution in [0.15, 0.2) is 24.3 Å². The molecule has 1 rings (SSSR count). The van der Waals surface area contributed by atoms with Gasteiger partial charge in [-0.15, -0.1) is 0 Å². The van der Waals surface area contributed by atoms with Gasteiger partial charge >= 0.3 is 24.1 Å². The Bertz CT molecular complexity index is 694. The van der Waals surface area contributed by atoms with Gasteiger partial charge in [0, 0.05) is 18.9 Å². The zero-order valence-corrected chi connectivity index (χ0v) is 18.1. The average molecular weight is 464 g/mol. The number of halogens is 8. The Morgan fingerprint density at radius 3 is 1.77 bits per heavy atom. The van der Waals surface area contributed by atoms with Gasteiger partial charge in [0.1, 0.15) is 0 Å². The first-order chi connectivity index (χ1) is 13.8. The molecule has 0 aliphatic carbocycles. The molecule has 31 heavy (non-hydrogen) atoms. The monoisotopic (exact) mass is 464 g/mol. The van der Waals surface area contributed by atoms with Crippen LogP contribution in [0.25, 0.3) is 0 Å². The Balaban J connectivity index is 2.58. The average Bonchev–Trinajstić information content (AvgIpc) is 2.59. The smallest absolute Gasteiger partial charge is 0.377 e. The summed E-state index contributed by atoms with van der Waals surface area (Å²) in [6, 6.07) is 7.29. The van der Waals surface area contributed by atoms with E-state index in [1.807, 2.05) is 32.9 Å². The Hall–Kier alpha value is -1.42. The van der Waals surface area contributed by atoms with Gasteiger partial charge in [-0.1, -0.05) is 58.9 Å². The van der Waals surface area contributed by atoms with Crippen molar-refractivity contribution in [2.24, 2.45) is 5.92 Å². The van der Waals surface area contributed by atoms with Crippen LogP contribution in [0.1, 0.15) is 58.6 Å². The van der Waals surface area contributed by atoms with Crippen molar-refractivity contribution in [2.75, 3.05) is 6.61 Å². The van der Waals surface area contributed by atoms with Gasteiger partial charge in [0.15, 0.2) is 0 Å². The van der Waals surface area contributed by atoms with E-state index in [1.54, 1.807) is 12.1 Å². The van der Waals surface area contributed by atoms with Gasteiger partial charge in [0.2, 0.25) is 0 Å². The molecular formula is C21H28F8O2. The van der Waals surface area contributed by atoms with E-state index in [1.165, 1.54) is 0 Å². The molecule has 0 atom stereocenters. The van der Waals surface area contributed by atoms with Crippen molar-refractivity contribution in [2.45, 2.75) is 83.5 Å². The van der Waals surface area contributed by atoms with Gasteiger partial charge in [0.05, 0.1) is 6.61 Å². The van der Waals surface area contributed by atoms with Gasteiger partial charge in [-0.2, -0.15) is 35.1 Å². The first-order valence-electron chi connectivity index (χ1n) is 9.72. The highest BCUT2D eigenvalue weighted by Gasteiger charge is 2.69. The van der Waals surface area contributed by atoms with E-state index >= 15 is 0 Å². The number of benzene rings is 1. The third-order valence-corrected chi connectivity index (χ3v) is 4.66. The molecule has 1 aromatic rings. The zero-order valence-electron chi connectivity index (χ0n) is 18.1. The number of hydrogen-bond donors (Lipinski definition) is 0. The molecule has 0 aliphatic heterocycles. The van der Waals surface area contributed by atoms with Gasteiger partial charge in [-0.3, -0.25) is 0 Å². The molecule has 0 aromatic heterocycles. The summed E-state index contributed by atoms with van der Waals surface area (Å²) in [6.45, 7) is 6.99. The van der Waals surface area contributed by atoms with Crippen molar-refractivity contribution in [1.82, 2.24) is 0 Å². The van der Waals surface area contributed by atoms with Crippen LogP contribution in [0.5, 0.6) is 0 Å². The third kappa shape index (κ3) is 7.03. The lowest BCUT2D eigenvalue weighted by Crippen LogP contribution is -2.55. The SMILES string of the molecule is CC(C)C(F)(F)C(F)(F)OC(F)(F)C(F)(F)CCCOCc1ccc(C(C)(C)C)cc1. The Kier molecular flexibility index (Phi) is 8.55. The van der Waals surface area contributed by atoms with E-state index in [4.69, 9.17) is 4.74 Å². The second kappa shape index (κ2) is 9.60. The van der Waals surface area contributed by atoms with Crippen LogP contribution >= 0.6 is 0 Å². The molecule has 0 N–H and O–H groups in total. The third-order valence-electron chi connectivity index (χ3n) is 4.66. The fraction of sp³-hybridized carbons (Fsp3) is 0.714. The molecule has 0 amide bonds. The topological polar surface area (TPSA) is 18.5 Å². The first kappa shape index (κ1) is 27.6. The van der Waals surface area contributed by atoms with Crippen molar-refractivity contribution in [1.29, 1.82) is 0 Å². The van der Waals surface area contributed by atoms with Crippen LogP contribution in [-0.2, 0) is 21.5 Å². The fourth-order valence-corrected chi connectivity index (χ4v) is 2.47. The minimum Gasteiger partial charge on any atom is -0.377 e. The molecule has 0 saturated carbocycles. The van der Waals surface area contributed by atoms with Gasteiger partial charge in [0.25, 0.3) is 0 Å². The normalized spacial score (nSPS) is 14.4. The highest BCUT2D eigenvalue weighted by molar-refractivity contribution is 5.27. The maximum absolute atomic E-state index is 13.7. The molecule has 0 fully saturated rings. The van der Waals surface area contributed by atoms with E-state index in [0.717, 1.165) is 11.1 Å². The van der Waals surface area contributed by atoms with Gasteiger partial charge in [-0.05, 0) is 23.0 Å². The van der Waals surface area contributed by atoms with E-state index in [9.17, 15) is 35.1 Å². The van der Waals surface area contributed by atoms with E-state index in [2.05, 4.69) is 4.74 Å². The second-order valence-electron chi connectivity index (χ2n) is 8.72. The molecule has 0 bridgehead atoms. The minimum absolute atomic E-state index is 0.0293. The van der Waals surface area contributed by atoms with Crippen LogP contribution in [-0.4, -0.2) is 30.7 Å².